The van der Waals surface area contributed by atoms with Crippen molar-refractivity contribution in [2.24, 2.45) is 0 Å². The van der Waals surface area contributed by atoms with E-state index in [2.05, 4.69) is 0 Å². The van der Waals surface area contributed by atoms with E-state index in [0.717, 1.165) is 15.4 Å². The lowest BCUT2D eigenvalue weighted by atomic mass is 10.00. The van der Waals surface area contributed by atoms with E-state index < -0.39 is 0 Å². The topological polar surface area (TPSA) is 34.1 Å². The van der Waals surface area contributed by atoms with Crippen molar-refractivity contribution in [3.8, 4) is 0 Å². The zero-order chi connectivity index (χ0) is 13.4. The average Bonchev–Trinajstić information content (AvgIpc) is 2.40. The molecule has 2 aromatic carbocycles. The number of benzene rings is 2. The van der Waals surface area contributed by atoms with Crippen molar-refractivity contribution < 1.29 is 9.59 Å². The number of hydrogen-bond donors (Lipinski definition) is 0. The number of rotatable bonds is 0. The molecule has 3 heteroatoms. The quantitative estimate of drug-likeness (QED) is 0.679. The highest BCUT2D eigenvalue weighted by Gasteiger charge is 2.23. The Morgan fingerprint density at radius 3 is 2.42 bits per heavy atom. The van der Waals surface area contributed by atoms with E-state index in [-0.39, 0.29) is 18.0 Å². The van der Waals surface area contributed by atoms with Gasteiger partial charge in [0.2, 0.25) is 0 Å². The minimum Gasteiger partial charge on any atom is -0.294 e. The Labute approximate surface area is 115 Å². The van der Waals surface area contributed by atoms with E-state index in [4.69, 9.17) is 0 Å². The minimum absolute atomic E-state index is 0.0476. The van der Waals surface area contributed by atoms with Gasteiger partial charge in [-0.15, -0.1) is 0 Å². The van der Waals surface area contributed by atoms with Crippen molar-refractivity contribution in [3.63, 3.8) is 0 Å². The first-order valence-corrected chi connectivity index (χ1v) is 6.91. The summed E-state index contributed by atoms with van der Waals surface area (Å²) in [5, 5.41) is 0. The van der Waals surface area contributed by atoms with Gasteiger partial charge in [0.15, 0.2) is 11.6 Å². The molecule has 0 amide bonds. The molecule has 1 heterocycles. The molecule has 0 N–H and O–H groups in total. The van der Waals surface area contributed by atoms with Gasteiger partial charge in [-0.25, -0.2) is 0 Å². The molecule has 1 aliphatic rings. The van der Waals surface area contributed by atoms with Crippen LogP contribution in [0.25, 0.3) is 0 Å². The Morgan fingerprint density at radius 1 is 0.895 bits per heavy atom. The normalized spacial score (nSPS) is 14.4. The first-order chi connectivity index (χ1) is 9.15. The summed E-state index contributed by atoms with van der Waals surface area (Å²) in [7, 11) is 0. The number of carbonyl (C=O) groups excluding carboxylic acids is 2. The van der Waals surface area contributed by atoms with Gasteiger partial charge in [-0.2, -0.15) is 0 Å². The number of ketones is 2. The van der Waals surface area contributed by atoms with Gasteiger partial charge in [-0.05, 0) is 25.1 Å². The zero-order valence-corrected chi connectivity index (χ0v) is 11.3. The fraction of sp³-hybridized carbons (Fsp3) is 0.125. The van der Waals surface area contributed by atoms with Gasteiger partial charge in [0, 0.05) is 20.9 Å². The van der Waals surface area contributed by atoms with E-state index in [1.54, 1.807) is 6.07 Å². The van der Waals surface area contributed by atoms with Crippen LogP contribution in [0.4, 0.5) is 0 Å². The monoisotopic (exact) mass is 268 g/mol. The molecule has 0 spiro atoms. The predicted octanol–water partition coefficient (Wildman–Crippen LogP) is 3.92. The SMILES string of the molecule is Cc1ccc2c(c1)C(=O)CC(=O)c1ccccc1S2. The average molecular weight is 268 g/mol. The van der Waals surface area contributed by atoms with Gasteiger partial charge in [0.25, 0.3) is 0 Å². The number of Topliss-reactive ketones (excluding diaryl/α,β-unsaturated/α-hetero) is 2. The summed E-state index contributed by atoms with van der Waals surface area (Å²) in [5.74, 6) is -0.189. The fourth-order valence-corrected chi connectivity index (χ4v) is 3.29. The molecule has 0 fully saturated rings. The van der Waals surface area contributed by atoms with Crippen LogP contribution in [-0.2, 0) is 0 Å². The van der Waals surface area contributed by atoms with Gasteiger partial charge in [0.1, 0.15) is 0 Å². The summed E-state index contributed by atoms with van der Waals surface area (Å²) in [6.45, 7) is 1.95. The third-order valence-corrected chi connectivity index (χ3v) is 4.32. The molecular formula is C16H12O2S. The summed E-state index contributed by atoms with van der Waals surface area (Å²) in [6.07, 6.45) is -0.0476. The van der Waals surface area contributed by atoms with E-state index >= 15 is 0 Å². The maximum atomic E-state index is 12.2. The van der Waals surface area contributed by atoms with Crippen LogP contribution in [0.5, 0.6) is 0 Å². The van der Waals surface area contributed by atoms with Crippen LogP contribution in [0.15, 0.2) is 52.3 Å². The first-order valence-electron chi connectivity index (χ1n) is 6.09. The number of fused-ring (bicyclic) bond motifs is 2. The van der Waals surface area contributed by atoms with Crippen LogP contribution >= 0.6 is 11.8 Å². The Hall–Kier alpha value is -1.87. The molecule has 0 aliphatic carbocycles. The Kier molecular flexibility index (Phi) is 2.99. The molecule has 1 aliphatic heterocycles. The van der Waals surface area contributed by atoms with E-state index in [0.29, 0.717) is 11.1 Å². The van der Waals surface area contributed by atoms with Crippen LogP contribution in [-0.4, -0.2) is 11.6 Å². The number of aryl methyl sites for hydroxylation is 1. The van der Waals surface area contributed by atoms with Crippen molar-refractivity contribution >= 4 is 23.3 Å². The zero-order valence-electron chi connectivity index (χ0n) is 10.5. The predicted molar refractivity (Wildman–Crippen MR) is 75.0 cm³/mol. The highest BCUT2D eigenvalue weighted by atomic mass is 32.2. The number of carbonyl (C=O) groups is 2. The largest absolute Gasteiger partial charge is 0.294 e. The molecule has 3 rings (SSSR count). The third kappa shape index (κ3) is 2.22. The minimum atomic E-state index is -0.0970. The second-order valence-corrected chi connectivity index (χ2v) is 5.70. The number of hydrogen-bond acceptors (Lipinski definition) is 3. The molecule has 0 bridgehead atoms. The van der Waals surface area contributed by atoms with Crippen LogP contribution < -0.4 is 0 Å². The van der Waals surface area contributed by atoms with Gasteiger partial charge >= 0.3 is 0 Å². The maximum absolute atomic E-state index is 12.2. The Morgan fingerprint density at radius 2 is 1.58 bits per heavy atom. The van der Waals surface area contributed by atoms with Crippen LogP contribution in [0.3, 0.4) is 0 Å². The highest BCUT2D eigenvalue weighted by molar-refractivity contribution is 7.99. The molecule has 0 saturated carbocycles. The van der Waals surface area contributed by atoms with E-state index in [9.17, 15) is 9.59 Å². The molecule has 19 heavy (non-hydrogen) atoms. The van der Waals surface area contributed by atoms with Crippen LogP contribution in [0, 0.1) is 6.92 Å². The van der Waals surface area contributed by atoms with E-state index in [1.807, 2.05) is 43.3 Å². The lowest BCUT2D eigenvalue weighted by Crippen LogP contribution is -2.13. The Bertz CT molecular complexity index is 689. The molecule has 94 valence electrons. The van der Waals surface area contributed by atoms with Crippen LogP contribution in [0.2, 0.25) is 0 Å². The fourth-order valence-electron chi connectivity index (χ4n) is 2.19. The van der Waals surface area contributed by atoms with Gasteiger partial charge in [-0.1, -0.05) is 41.6 Å². The second kappa shape index (κ2) is 4.67. The first kappa shape index (κ1) is 12.2. The van der Waals surface area contributed by atoms with Crippen LogP contribution in [0.1, 0.15) is 32.7 Å². The summed E-state index contributed by atoms with van der Waals surface area (Å²) >= 11 is 1.49. The molecule has 0 radical (unpaired) electrons. The van der Waals surface area contributed by atoms with Crippen molar-refractivity contribution in [2.45, 2.75) is 23.1 Å². The van der Waals surface area contributed by atoms with Gasteiger partial charge < -0.3 is 0 Å². The lowest BCUT2D eigenvalue weighted by molar-refractivity contribution is 0.0890. The second-order valence-electron chi connectivity index (χ2n) is 4.62. The van der Waals surface area contributed by atoms with Crippen molar-refractivity contribution in [1.29, 1.82) is 0 Å². The molecule has 0 saturated heterocycles. The van der Waals surface area contributed by atoms with Gasteiger partial charge in [-0.3, -0.25) is 9.59 Å². The molecule has 0 aromatic heterocycles. The summed E-state index contributed by atoms with van der Waals surface area (Å²) in [6, 6.07) is 13.3. The highest BCUT2D eigenvalue weighted by Crippen LogP contribution is 2.36. The molecule has 2 aromatic rings. The molecule has 0 atom stereocenters. The van der Waals surface area contributed by atoms with Crippen molar-refractivity contribution in [2.75, 3.05) is 0 Å². The lowest BCUT2D eigenvalue weighted by Gasteiger charge is -2.15. The van der Waals surface area contributed by atoms with Crippen molar-refractivity contribution in [1.82, 2.24) is 0 Å². The smallest absolute Gasteiger partial charge is 0.171 e. The molecular weight excluding hydrogens is 256 g/mol. The molecule has 0 unspecified atom stereocenters. The van der Waals surface area contributed by atoms with Crippen molar-refractivity contribution in [3.05, 3.63) is 59.2 Å². The standard InChI is InChI=1S/C16H12O2S/c1-10-6-7-16-12(8-10)14(18)9-13(17)11-4-2-3-5-15(11)19-16/h2-8H,9H2,1H3. The van der Waals surface area contributed by atoms with E-state index in [1.165, 1.54) is 11.8 Å². The Balaban J connectivity index is 2.19. The summed E-state index contributed by atoms with van der Waals surface area (Å²) in [5.41, 5.74) is 2.34. The van der Waals surface area contributed by atoms with Gasteiger partial charge in [0.05, 0.1) is 6.42 Å². The maximum Gasteiger partial charge on any atom is 0.171 e. The molecule has 2 nitrogen and oxygen atoms in total. The third-order valence-electron chi connectivity index (χ3n) is 3.16. The summed E-state index contributed by atoms with van der Waals surface area (Å²) in [4.78, 5) is 26.2. The summed E-state index contributed by atoms with van der Waals surface area (Å²) < 4.78 is 0.